The van der Waals surface area contributed by atoms with Crippen molar-refractivity contribution in [2.24, 2.45) is 0 Å². The van der Waals surface area contributed by atoms with Gasteiger partial charge in [0.2, 0.25) is 12.2 Å². The van der Waals surface area contributed by atoms with E-state index in [2.05, 4.69) is 30.4 Å². The van der Waals surface area contributed by atoms with Gasteiger partial charge in [0.15, 0.2) is 0 Å². The SMILES string of the molecule is C.CC1SCCS1.N=C=O.N=C=O. The summed E-state index contributed by atoms with van der Waals surface area (Å²) >= 11 is 4.12. The van der Waals surface area contributed by atoms with Crippen molar-refractivity contribution in [2.45, 2.75) is 18.9 Å². The number of hydrogen-bond donors (Lipinski definition) is 2. The maximum Gasteiger partial charge on any atom is 0.231 e. The normalized spacial score (nSPS) is 13.0. The van der Waals surface area contributed by atoms with Crippen molar-refractivity contribution in [2.75, 3.05) is 11.5 Å². The molecule has 1 rings (SSSR count). The molecule has 0 unspecified atom stereocenters. The molecule has 6 heteroatoms. The van der Waals surface area contributed by atoms with Gasteiger partial charge in [0.1, 0.15) is 0 Å². The predicted octanol–water partition coefficient (Wildman–Crippen LogP) is 2.25. The fourth-order valence-corrected chi connectivity index (χ4v) is 2.87. The second-order valence-electron chi connectivity index (χ2n) is 1.51. The van der Waals surface area contributed by atoms with Crippen LogP contribution in [0.2, 0.25) is 0 Å². The number of thioether (sulfide) groups is 2. The molecule has 0 aromatic rings. The van der Waals surface area contributed by atoms with Crippen LogP contribution in [0, 0.1) is 10.8 Å². The lowest BCUT2D eigenvalue weighted by molar-refractivity contribution is 0.562. The lowest BCUT2D eigenvalue weighted by atomic mass is 11.0. The fourth-order valence-electron chi connectivity index (χ4n) is 0.476. The Morgan fingerprint density at radius 3 is 1.46 bits per heavy atom. The van der Waals surface area contributed by atoms with Crippen LogP contribution < -0.4 is 0 Å². The van der Waals surface area contributed by atoms with Crippen molar-refractivity contribution in [3.05, 3.63) is 0 Å². The van der Waals surface area contributed by atoms with E-state index in [0.29, 0.717) is 0 Å². The van der Waals surface area contributed by atoms with Crippen molar-refractivity contribution in [3.8, 4) is 0 Å². The molecular weight excluding hydrogens is 208 g/mol. The molecule has 4 nitrogen and oxygen atoms in total. The van der Waals surface area contributed by atoms with E-state index < -0.39 is 0 Å². The first-order valence-electron chi connectivity index (χ1n) is 3.03. The highest BCUT2D eigenvalue weighted by atomic mass is 32.2. The first-order chi connectivity index (χ1) is 5.72. The summed E-state index contributed by atoms with van der Waals surface area (Å²) in [6, 6.07) is 0. The minimum absolute atomic E-state index is 0. The van der Waals surface area contributed by atoms with Gasteiger partial charge < -0.3 is 0 Å². The molecule has 0 bridgehead atoms. The molecule has 2 N–H and O–H groups in total. The molecule has 0 saturated carbocycles. The molecule has 0 spiro atoms. The molecule has 1 saturated heterocycles. The Kier molecular flexibility index (Phi) is 24.6. The third-order valence-corrected chi connectivity index (χ3v) is 3.68. The maximum atomic E-state index is 8.35. The summed E-state index contributed by atoms with van der Waals surface area (Å²) in [5.41, 5.74) is 0. The van der Waals surface area contributed by atoms with Gasteiger partial charge in [-0.3, -0.25) is 0 Å². The second kappa shape index (κ2) is 17.5. The van der Waals surface area contributed by atoms with Crippen LogP contribution >= 0.6 is 23.5 Å². The lowest BCUT2D eigenvalue weighted by Gasteiger charge is -1.90. The Balaban J connectivity index is -0.000000126. The monoisotopic (exact) mass is 222 g/mol. The van der Waals surface area contributed by atoms with Crippen LogP contribution in [0.15, 0.2) is 0 Å². The van der Waals surface area contributed by atoms with E-state index in [9.17, 15) is 0 Å². The van der Waals surface area contributed by atoms with Crippen molar-refractivity contribution in [1.29, 1.82) is 10.8 Å². The number of carbonyl (C=O) groups excluding carboxylic acids is 2. The van der Waals surface area contributed by atoms with Crippen molar-refractivity contribution in [3.63, 3.8) is 0 Å². The number of nitrogens with one attached hydrogen (secondary N) is 2. The molecule has 1 heterocycles. The molecule has 0 atom stereocenters. The van der Waals surface area contributed by atoms with Gasteiger partial charge in [-0.2, -0.15) is 0 Å². The molecule has 0 radical (unpaired) electrons. The smallest absolute Gasteiger partial charge is 0.222 e. The van der Waals surface area contributed by atoms with E-state index in [4.69, 9.17) is 20.4 Å². The summed E-state index contributed by atoms with van der Waals surface area (Å²) in [4.78, 5) is 16.7. The zero-order valence-electron chi connectivity index (χ0n) is 6.62. The van der Waals surface area contributed by atoms with Crippen molar-refractivity contribution in [1.82, 2.24) is 0 Å². The van der Waals surface area contributed by atoms with Crippen LogP contribution in [-0.4, -0.2) is 28.2 Å². The maximum absolute atomic E-state index is 8.35. The zero-order valence-corrected chi connectivity index (χ0v) is 8.26. The van der Waals surface area contributed by atoms with E-state index in [1.54, 1.807) is 0 Å². The molecule has 0 amide bonds. The highest BCUT2D eigenvalue weighted by molar-refractivity contribution is 8.20. The molecule has 0 aromatic heterocycles. The molecule has 1 aliphatic heterocycles. The van der Waals surface area contributed by atoms with Gasteiger partial charge in [0.05, 0.1) is 0 Å². The Hall–Kier alpha value is -0.540. The quantitative estimate of drug-likeness (QED) is 0.486. The third kappa shape index (κ3) is 24.6. The summed E-state index contributed by atoms with van der Waals surface area (Å²) in [6.07, 6.45) is 1.50. The minimum Gasteiger partial charge on any atom is -0.222 e. The molecule has 1 fully saturated rings. The van der Waals surface area contributed by atoms with E-state index >= 15 is 0 Å². The second-order valence-corrected chi connectivity index (χ2v) is 4.71. The summed E-state index contributed by atoms with van der Waals surface area (Å²) in [6.45, 7) is 2.27. The van der Waals surface area contributed by atoms with Gasteiger partial charge in [-0.05, 0) is 6.92 Å². The first-order valence-corrected chi connectivity index (χ1v) is 5.13. The minimum atomic E-state index is 0. The first kappa shape index (κ1) is 18.3. The van der Waals surface area contributed by atoms with Gasteiger partial charge in [0, 0.05) is 16.1 Å². The van der Waals surface area contributed by atoms with Gasteiger partial charge in [0.25, 0.3) is 0 Å². The summed E-state index contributed by atoms with van der Waals surface area (Å²) in [5, 5.41) is 10.8. The Morgan fingerprint density at radius 2 is 1.38 bits per heavy atom. The number of hydrogen-bond acceptors (Lipinski definition) is 6. The summed E-state index contributed by atoms with van der Waals surface area (Å²) < 4.78 is 0.880. The standard InChI is InChI=1S/C4H8S2.2CHNO.CH4/c1-4-5-2-3-6-4;2*2-1-3;/h4H,2-3H2,1H3;2*2H;1H4. The largest absolute Gasteiger partial charge is 0.231 e. The fraction of sp³-hybridized carbons (Fsp3) is 0.714. The number of isocyanates is 2. The third-order valence-electron chi connectivity index (χ3n) is 0.788. The Bertz CT molecular complexity index is 146. The molecule has 76 valence electrons. The Morgan fingerprint density at radius 1 is 1.15 bits per heavy atom. The highest BCUT2D eigenvalue weighted by Gasteiger charge is 2.08. The van der Waals surface area contributed by atoms with Gasteiger partial charge >= 0.3 is 0 Å². The topological polar surface area (TPSA) is 81.8 Å². The van der Waals surface area contributed by atoms with Gasteiger partial charge in [-0.1, -0.05) is 7.43 Å². The van der Waals surface area contributed by atoms with Crippen LogP contribution in [0.5, 0.6) is 0 Å². The van der Waals surface area contributed by atoms with Gasteiger partial charge in [-0.15, -0.1) is 23.5 Å². The van der Waals surface area contributed by atoms with E-state index in [1.807, 2.05) is 0 Å². The lowest BCUT2D eigenvalue weighted by Crippen LogP contribution is -1.74. The van der Waals surface area contributed by atoms with Crippen LogP contribution in [0.1, 0.15) is 14.4 Å². The van der Waals surface area contributed by atoms with Gasteiger partial charge in [-0.25, -0.2) is 20.4 Å². The molecular formula is C7H14N2O2S2. The van der Waals surface area contributed by atoms with Crippen molar-refractivity contribution >= 4 is 35.7 Å². The molecule has 1 aliphatic rings. The van der Waals surface area contributed by atoms with E-state index in [-0.39, 0.29) is 7.43 Å². The number of rotatable bonds is 0. The summed E-state index contributed by atoms with van der Waals surface area (Å²) in [5.74, 6) is 2.73. The highest BCUT2D eigenvalue weighted by Crippen LogP contribution is 2.30. The average molecular weight is 222 g/mol. The average Bonchev–Trinajstić information content (AvgIpc) is 2.43. The van der Waals surface area contributed by atoms with Crippen LogP contribution in [0.4, 0.5) is 0 Å². The van der Waals surface area contributed by atoms with Crippen LogP contribution in [0.3, 0.4) is 0 Å². The van der Waals surface area contributed by atoms with Crippen molar-refractivity contribution < 1.29 is 9.59 Å². The van der Waals surface area contributed by atoms with Crippen LogP contribution in [0.25, 0.3) is 0 Å². The van der Waals surface area contributed by atoms with Crippen LogP contribution in [-0.2, 0) is 9.59 Å². The molecule has 0 aliphatic carbocycles. The zero-order chi connectivity index (χ0) is 9.82. The van der Waals surface area contributed by atoms with E-state index in [0.717, 1.165) is 16.7 Å². The Labute approximate surface area is 86.9 Å². The summed E-state index contributed by atoms with van der Waals surface area (Å²) in [7, 11) is 0. The van der Waals surface area contributed by atoms with E-state index in [1.165, 1.54) is 11.5 Å². The molecule has 13 heavy (non-hydrogen) atoms. The molecule has 0 aromatic carbocycles. The predicted molar refractivity (Wildman–Crippen MR) is 57.9 cm³/mol.